The van der Waals surface area contributed by atoms with Crippen LogP contribution in [0, 0.1) is 5.41 Å². The van der Waals surface area contributed by atoms with Crippen LogP contribution < -0.4 is 5.32 Å². The zero-order valence-corrected chi connectivity index (χ0v) is 15.4. The fourth-order valence-corrected chi connectivity index (χ4v) is 3.39. The summed E-state index contributed by atoms with van der Waals surface area (Å²) in [5.41, 5.74) is 0.382. The van der Waals surface area contributed by atoms with Gasteiger partial charge in [0.2, 0.25) is 11.8 Å². The third-order valence-electron chi connectivity index (χ3n) is 4.14. The van der Waals surface area contributed by atoms with Gasteiger partial charge in [-0.05, 0) is 31.5 Å². The molecule has 0 radical (unpaired) electrons. The number of rotatable bonds is 6. The van der Waals surface area contributed by atoms with Gasteiger partial charge in [0.1, 0.15) is 0 Å². The summed E-state index contributed by atoms with van der Waals surface area (Å²) >= 11 is 1.86. The van der Waals surface area contributed by atoms with Crippen molar-refractivity contribution in [3.63, 3.8) is 0 Å². The topological polar surface area (TPSA) is 86.7 Å². The van der Waals surface area contributed by atoms with E-state index in [4.69, 9.17) is 5.11 Å². The van der Waals surface area contributed by atoms with E-state index in [0.29, 0.717) is 12.1 Å². The van der Waals surface area contributed by atoms with Gasteiger partial charge in [-0.15, -0.1) is 0 Å². The molecule has 2 amide bonds. The van der Waals surface area contributed by atoms with Gasteiger partial charge in [-0.25, -0.2) is 0 Å². The Morgan fingerprint density at radius 1 is 1.16 bits per heavy atom. The molecule has 6 nitrogen and oxygen atoms in total. The quantitative estimate of drug-likeness (QED) is 0.808. The van der Waals surface area contributed by atoms with E-state index in [9.17, 15) is 14.4 Å². The van der Waals surface area contributed by atoms with Crippen LogP contribution in [0.1, 0.15) is 25.8 Å². The molecule has 0 bridgehead atoms. The maximum absolute atomic E-state index is 12.2. The van der Waals surface area contributed by atoms with Crippen molar-refractivity contribution in [1.82, 2.24) is 4.90 Å². The Labute approximate surface area is 152 Å². The highest BCUT2D eigenvalue weighted by atomic mass is 32.2. The number of carboxylic acid groups (broad SMARTS) is 1. The third kappa shape index (κ3) is 5.77. The molecule has 136 valence electrons. The van der Waals surface area contributed by atoms with Gasteiger partial charge in [0.25, 0.3) is 0 Å². The number of hydrogen-bond donors (Lipinski definition) is 2. The van der Waals surface area contributed by atoms with Gasteiger partial charge in [-0.1, -0.05) is 12.1 Å². The lowest BCUT2D eigenvalue weighted by atomic mass is 9.89. The molecule has 1 aliphatic rings. The number of hydrogen-bond acceptors (Lipinski definition) is 4. The Kier molecular flexibility index (Phi) is 6.47. The number of thioether (sulfide) groups is 1. The minimum Gasteiger partial charge on any atom is -0.481 e. The highest BCUT2D eigenvalue weighted by molar-refractivity contribution is 7.99. The number of carbonyl (C=O) groups excluding carboxylic acids is 2. The summed E-state index contributed by atoms with van der Waals surface area (Å²) in [5.74, 6) is 0.752. The lowest BCUT2D eigenvalue weighted by Crippen LogP contribution is -2.38. The normalized spacial score (nSPS) is 14.9. The minimum absolute atomic E-state index is 0.102. The van der Waals surface area contributed by atoms with Crippen LogP contribution in [-0.4, -0.2) is 52.4 Å². The van der Waals surface area contributed by atoms with Crippen molar-refractivity contribution in [3.8, 4) is 0 Å². The predicted octanol–water partition coefficient (Wildman–Crippen LogP) is 2.24. The molecule has 25 heavy (non-hydrogen) atoms. The highest BCUT2D eigenvalue weighted by Gasteiger charge is 2.30. The molecule has 1 heterocycles. The average Bonchev–Trinajstić information content (AvgIpc) is 2.56. The van der Waals surface area contributed by atoms with Crippen molar-refractivity contribution >= 4 is 35.2 Å². The van der Waals surface area contributed by atoms with Crippen LogP contribution in [0.2, 0.25) is 0 Å². The van der Waals surface area contributed by atoms with E-state index in [1.807, 2.05) is 28.8 Å². The third-order valence-corrected chi connectivity index (χ3v) is 5.08. The number of benzene rings is 1. The minimum atomic E-state index is -1.11. The van der Waals surface area contributed by atoms with Crippen molar-refractivity contribution < 1.29 is 19.5 Å². The number of carboxylic acids is 1. The van der Waals surface area contributed by atoms with Gasteiger partial charge in [-0.3, -0.25) is 14.4 Å². The van der Waals surface area contributed by atoms with Crippen molar-refractivity contribution in [2.24, 2.45) is 5.41 Å². The van der Waals surface area contributed by atoms with Crippen LogP contribution in [0.15, 0.2) is 24.3 Å². The maximum atomic E-state index is 12.2. The molecule has 2 N–H and O–H groups in total. The van der Waals surface area contributed by atoms with Gasteiger partial charge in [0.05, 0.1) is 11.8 Å². The molecular weight excluding hydrogens is 340 g/mol. The van der Waals surface area contributed by atoms with E-state index < -0.39 is 11.4 Å². The Hall–Kier alpha value is -2.02. The summed E-state index contributed by atoms with van der Waals surface area (Å²) in [6.07, 6.45) is 0.250. The molecule has 1 aromatic carbocycles. The summed E-state index contributed by atoms with van der Waals surface area (Å²) in [6, 6.07) is 7.10. The molecule has 0 spiro atoms. The lowest BCUT2D eigenvalue weighted by molar-refractivity contribution is -0.149. The van der Waals surface area contributed by atoms with E-state index in [2.05, 4.69) is 5.32 Å². The molecule has 1 aromatic rings. The van der Waals surface area contributed by atoms with Crippen LogP contribution >= 0.6 is 11.8 Å². The first-order chi connectivity index (χ1) is 11.8. The summed E-state index contributed by atoms with van der Waals surface area (Å²) in [7, 11) is 0. The van der Waals surface area contributed by atoms with Crippen molar-refractivity contribution in [1.29, 1.82) is 0 Å². The van der Waals surface area contributed by atoms with Gasteiger partial charge in [0.15, 0.2) is 0 Å². The summed E-state index contributed by atoms with van der Waals surface area (Å²) < 4.78 is 0. The molecule has 1 saturated heterocycles. The number of amides is 2. The van der Waals surface area contributed by atoms with E-state index >= 15 is 0 Å². The molecule has 2 rings (SSSR count). The maximum Gasteiger partial charge on any atom is 0.309 e. The Morgan fingerprint density at radius 2 is 1.76 bits per heavy atom. The number of aliphatic carboxylic acids is 1. The molecule has 0 unspecified atom stereocenters. The van der Waals surface area contributed by atoms with Crippen LogP contribution in [0.4, 0.5) is 5.69 Å². The molecule has 7 heteroatoms. The SMILES string of the molecule is CC(C)(CC(=O)Nc1ccc(CC(=O)N2CCSCC2)cc1)C(=O)O. The molecule has 0 saturated carbocycles. The number of nitrogens with one attached hydrogen (secondary N) is 1. The molecule has 0 aliphatic carbocycles. The first-order valence-electron chi connectivity index (χ1n) is 8.25. The first-order valence-corrected chi connectivity index (χ1v) is 9.41. The Morgan fingerprint density at radius 3 is 2.32 bits per heavy atom. The smallest absolute Gasteiger partial charge is 0.309 e. The number of anilines is 1. The van der Waals surface area contributed by atoms with E-state index in [-0.39, 0.29) is 18.2 Å². The van der Waals surface area contributed by atoms with Crippen molar-refractivity contribution in [2.45, 2.75) is 26.7 Å². The fraction of sp³-hybridized carbons (Fsp3) is 0.500. The fourth-order valence-electron chi connectivity index (χ4n) is 2.49. The van der Waals surface area contributed by atoms with Crippen LogP contribution in [-0.2, 0) is 20.8 Å². The van der Waals surface area contributed by atoms with Gasteiger partial charge in [0, 0.05) is 36.7 Å². The van der Waals surface area contributed by atoms with Gasteiger partial charge in [-0.2, -0.15) is 11.8 Å². The van der Waals surface area contributed by atoms with Crippen LogP contribution in [0.5, 0.6) is 0 Å². The van der Waals surface area contributed by atoms with Crippen LogP contribution in [0.3, 0.4) is 0 Å². The molecule has 1 fully saturated rings. The summed E-state index contributed by atoms with van der Waals surface area (Å²) in [5, 5.41) is 11.8. The van der Waals surface area contributed by atoms with E-state index in [1.54, 1.807) is 12.1 Å². The lowest BCUT2D eigenvalue weighted by Gasteiger charge is -2.26. The second kappa shape index (κ2) is 8.38. The first kappa shape index (κ1) is 19.3. The predicted molar refractivity (Wildman–Crippen MR) is 98.7 cm³/mol. The second-order valence-corrected chi connectivity index (χ2v) is 8.01. The number of carbonyl (C=O) groups is 3. The highest BCUT2D eigenvalue weighted by Crippen LogP contribution is 2.21. The Balaban J connectivity index is 1.88. The monoisotopic (exact) mass is 364 g/mol. The molecule has 1 aliphatic heterocycles. The van der Waals surface area contributed by atoms with Crippen molar-refractivity contribution in [3.05, 3.63) is 29.8 Å². The zero-order chi connectivity index (χ0) is 18.4. The Bertz CT molecular complexity index is 637. The largest absolute Gasteiger partial charge is 0.481 e. The van der Waals surface area contributed by atoms with E-state index in [1.165, 1.54) is 13.8 Å². The average molecular weight is 364 g/mol. The van der Waals surface area contributed by atoms with Gasteiger partial charge >= 0.3 is 5.97 Å². The molecular formula is C18H24N2O4S. The molecule has 0 aromatic heterocycles. The number of nitrogens with zero attached hydrogens (tertiary/aromatic N) is 1. The second-order valence-electron chi connectivity index (χ2n) is 6.78. The van der Waals surface area contributed by atoms with Gasteiger partial charge < -0.3 is 15.3 Å². The standard InChI is InChI=1S/C18H24N2O4S/c1-18(2,17(23)24)12-15(21)19-14-5-3-13(4-6-14)11-16(22)20-7-9-25-10-8-20/h3-6H,7-12H2,1-2H3,(H,19,21)(H,23,24). The summed E-state index contributed by atoms with van der Waals surface area (Å²) in [4.78, 5) is 37.2. The van der Waals surface area contributed by atoms with E-state index in [0.717, 1.165) is 30.2 Å². The van der Waals surface area contributed by atoms with Crippen molar-refractivity contribution in [2.75, 3.05) is 29.9 Å². The van der Waals surface area contributed by atoms with Crippen LogP contribution in [0.25, 0.3) is 0 Å². The zero-order valence-electron chi connectivity index (χ0n) is 14.6. The summed E-state index contributed by atoms with van der Waals surface area (Å²) in [6.45, 7) is 4.64. The molecule has 0 atom stereocenters.